The third-order valence-electron chi connectivity index (χ3n) is 1.20. The van der Waals surface area contributed by atoms with E-state index < -0.39 is 6.61 Å². The van der Waals surface area contributed by atoms with E-state index in [-0.39, 0.29) is 5.12 Å². The third kappa shape index (κ3) is 9.82. The fraction of sp³-hybridized carbons (Fsp3) is 0.875. The van der Waals surface area contributed by atoms with Crippen LogP contribution in [-0.4, -0.2) is 49.0 Å². The lowest BCUT2D eigenvalue weighted by molar-refractivity contribution is -0.113. The monoisotopic (exact) mass is 208 g/mol. The van der Waals surface area contributed by atoms with Crippen molar-refractivity contribution >= 4 is 16.9 Å². The molecular formula is C8H16O4S. The zero-order valence-corrected chi connectivity index (χ0v) is 8.64. The molecule has 0 rings (SSSR count). The Morgan fingerprint density at radius 3 is 2.62 bits per heavy atom. The molecule has 0 aliphatic heterocycles. The second-order valence-electron chi connectivity index (χ2n) is 2.19. The van der Waals surface area contributed by atoms with E-state index in [2.05, 4.69) is 0 Å². The Labute approximate surface area is 82.6 Å². The van der Waals surface area contributed by atoms with Crippen molar-refractivity contribution in [3.63, 3.8) is 0 Å². The van der Waals surface area contributed by atoms with Crippen molar-refractivity contribution in [3.05, 3.63) is 0 Å². The number of hydrogen-bond acceptors (Lipinski definition) is 5. The molecule has 0 saturated heterocycles. The van der Waals surface area contributed by atoms with Gasteiger partial charge in [0.25, 0.3) is 0 Å². The number of ether oxygens (including phenoxy) is 2. The number of rotatable bonds is 8. The van der Waals surface area contributed by atoms with Crippen LogP contribution in [0, 0.1) is 0 Å². The molecule has 0 saturated carbocycles. The summed E-state index contributed by atoms with van der Waals surface area (Å²) < 4.78 is 10.2. The molecule has 0 bridgehead atoms. The van der Waals surface area contributed by atoms with E-state index in [0.717, 1.165) is 11.8 Å². The van der Waals surface area contributed by atoms with Crippen LogP contribution in [0.25, 0.3) is 0 Å². The van der Waals surface area contributed by atoms with Gasteiger partial charge in [0.2, 0.25) is 5.12 Å². The lowest BCUT2D eigenvalue weighted by Crippen LogP contribution is -2.08. The van der Waals surface area contributed by atoms with Crippen molar-refractivity contribution in [1.82, 2.24) is 0 Å². The number of carbonyl (C=O) groups excluding carboxylic acids is 1. The van der Waals surface area contributed by atoms with Crippen molar-refractivity contribution in [1.29, 1.82) is 0 Å². The summed E-state index contributed by atoms with van der Waals surface area (Å²) in [6.07, 6.45) is 0. The molecule has 0 spiro atoms. The van der Waals surface area contributed by atoms with Gasteiger partial charge in [-0.1, -0.05) is 11.8 Å². The summed E-state index contributed by atoms with van der Waals surface area (Å²) in [6, 6.07) is 0. The zero-order chi connectivity index (χ0) is 9.94. The van der Waals surface area contributed by atoms with Crippen LogP contribution in [0.5, 0.6) is 0 Å². The summed E-state index contributed by atoms with van der Waals surface area (Å²) in [4.78, 5) is 10.6. The number of aliphatic hydroxyl groups excluding tert-OH is 1. The standard InChI is InChI=1S/C8H16O4S/c1-2-11-3-4-12-5-6-13-8(10)7-9/h9H,2-7H2,1H3. The van der Waals surface area contributed by atoms with Gasteiger partial charge >= 0.3 is 0 Å². The van der Waals surface area contributed by atoms with Gasteiger partial charge in [0.05, 0.1) is 19.8 Å². The van der Waals surface area contributed by atoms with Gasteiger partial charge in [0.15, 0.2) is 0 Å². The molecule has 13 heavy (non-hydrogen) atoms. The summed E-state index contributed by atoms with van der Waals surface area (Å²) in [6.45, 7) is 3.89. The molecule has 0 heterocycles. The van der Waals surface area contributed by atoms with E-state index in [9.17, 15) is 4.79 Å². The fourth-order valence-electron chi connectivity index (χ4n) is 0.624. The quantitative estimate of drug-likeness (QED) is 0.581. The van der Waals surface area contributed by atoms with Crippen molar-refractivity contribution < 1.29 is 19.4 Å². The summed E-state index contributed by atoms with van der Waals surface area (Å²) in [5.41, 5.74) is 0. The molecule has 0 aliphatic rings. The van der Waals surface area contributed by atoms with Crippen LogP contribution in [0.1, 0.15) is 6.92 Å². The molecule has 0 aromatic heterocycles. The first kappa shape index (κ1) is 12.9. The minimum Gasteiger partial charge on any atom is -0.388 e. The Kier molecular flexibility index (Phi) is 9.91. The van der Waals surface area contributed by atoms with E-state index >= 15 is 0 Å². The van der Waals surface area contributed by atoms with E-state index in [4.69, 9.17) is 14.6 Å². The molecule has 0 radical (unpaired) electrons. The maximum absolute atomic E-state index is 10.6. The molecule has 0 atom stereocenters. The molecule has 78 valence electrons. The largest absolute Gasteiger partial charge is 0.388 e. The lowest BCUT2D eigenvalue weighted by atomic mass is 10.7. The molecule has 5 heteroatoms. The number of aliphatic hydroxyl groups is 1. The summed E-state index contributed by atoms with van der Waals surface area (Å²) in [5, 5.41) is 8.16. The predicted octanol–water partition coefficient (Wildman–Crippen LogP) is 0.292. The Morgan fingerprint density at radius 2 is 2.00 bits per heavy atom. The van der Waals surface area contributed by atoms with Gasteiger partial charge in [-0.3, -0.25) is 4.79 Å². The Balaban J connectivity index is 2.95. The minimum atomic E-state index is -0.399. The molecular weight excluding hydrogens is 192 g/mol. The normalized spacial score (nSPS) is 10.3. The molecule has 0 unspecified atom stereocenters. The molecule has 0 aromatic rings. The van der Waals surface area contributed by atoms with Crippen LogP contribution in [0.2, 0.25) is 0 Å². The summed E-state index contributed by atoms with van der Waals surface area (Å²) >= 11 is 1.09. The Hall–Kier alpha value is -0.100. The molecule has 0 amide bonds. The predicted molar refractivity (Wildman–Crippen MR) is 51.9 cm³/mol. The van der Waals surface area contributed by atoms with Gasteiger partial charge in [-0.05, 0) is 6.92 Å². The van der Waals surface area contributed by atoms with Crippen LogP contribution in [-0.2, 0) is 14.3 Å². The van der Waals surface area contributed by atoms with E-state index in [1.165, 1.54) is 0 Å². The molecule has 0 fully saturated rings. The van der Waals surface area contributed by atoms with Gasteiger partial charge in [0, 0.05) is 12.4 Å². The van der Waals surface area contributed by atoms with Crippen LogP contribution < -0.4 is 0 Å². The van der Waals surface area contributed by atoms with Crippen LogP contribution in [0.3, 0.4) is 0 Å². The third-order valence-corrected chi connectivity index (χ3v) is 2.02. The highest BCUT2D eigenvalue weighted by molar-refractivity contribution is 8.13. The number of carbonyl (C=O) groups is 1. The van der Waals surface area contributed by atoms with Crippen molar-refractivity contribution in [2.24, 2.45) is 0 Å². The average Bonchev–Trinajstić information content (AvgIpc) is 2.16. The highest BCUT2D eigenvalue weighted by atomic mass is 32.2. The minimum absolute atomic E-state index is 0.214. The van der Waals surface area contributed by atoms with Crippen LogP contribution >= 0.6 is 11.8 Å². The van der Waals surface area contributed by atoms with Gasteiger partial charge in [-0.25, -0.2) is 0 Å². The van der Waals surface area contributed by atoms with E-state index in [0.29, 0.717) is 32.2 Å². The van der Waals surface area contributed by atoms with E-state index in [1.807, 2.05) is 6.92 Å². The molecule has 1 N–H and O–H groups in total. The van der Waals surface area contributed by atoms with Crippen molar-refractivity contribution in [2.45, 2.75) is 6.92 Å². The van der Waals surface area contributed by atoms with Crippen molar-refractivity contribution in [2.75, 3.05) is 38.8 Å². The highest BCUT2D eigenvalue weighted by Gasteiger charge is 1.98. The highest BCUT2D eigenvalue weighted by Crippen LogP contribution is 1.99. The van der Waals surface area contributed by atoms with E-state index in [1.54, 1.807) is 0 Å². The Morgan fingerprint density at radius 1 is 1.31 bits per heavy atom. The maximum Gasteiger partial charge on any atom is 0.214 e. The first-order valence-electron chi connectivity index (χ1n) is 4.23. The summed E-state index contributed by atoms with van der Waals surface area (Å²) in [7, 11) is 0. The second kappa shape index (κ2) is 9.98. The summed E-state index contributed by atoms with van der Waals surface area (Å²) in [5.74, 6) is 0.589. The van der Waals surface area contributed by atoms with Gasteiger partial charge < -0.3 is 14.6 Å². The maximum atomic E-state index is 10.6. The first-order chi connectivity index (χ1) is 6.31. The number of thioether (sulfide) groups is 1. The second-order valence-corrected chi connectivity index (χ2v) is 3.34. The van der Waals surface area contributed by atoms with Gasteiger partial charge in [0.1, 0.15) is 6.61 Å². The van der Waals surface area contributed by atoms with Crippen LogP contribution in [0.15, 0.2) is 0 Å². The fourth-order valence-corrected chi connectivity index (χ4v) is 1.14. The van der Waals surface area contributed by atoms with Gasteiger partial charge in [-0.15, -0.1) is 0 Å². The first-order valence-corrected chi connectivity index (χ1v) is 5.21. The Bertz CT molecular complexity index is 129. The lowest BCUT2D eigenvalue weighted by Gasteiger charge is -2.02. The van der Waals surface area contributed by atoms with Crippen LogP contribution in [0.4, 0.5) is 0 Å². The topological polar surface area (TPSA) is 55.8 Å². The van der Waals surface area contributed by atoms with Gasteiger partial charge in [-0.2, -0.15) is 0 Å². The zero-order valence-electron chi connectivity index (χ0n) is 7.82. The smallest absolute Gasteiger partial charge is 0.214 e. The average molecular weight is 208 g/mol. The molecule has 0 aromatic carbocycles. The molecule has 0 aliphatic carbocycles. The number of hydrogen-bond donors (Lipinski definition) is 1. The van der Waals surface area contributed by atoms with Crippen molar-refractivity contribution in [3.8, 4) is 0 Å². The molecule has 4 nitrogen and oxygen atoms in total. The SMILES string of the molecule is CCOCCOCCSC(=O)CO.